The molecule has 0 radical (unpaired) electrons. The van der Waals surface area contributed by atoms with Crippen molar-refractivity contribution in [3.05, 3.63) is 87.0 Å². The maximum Gasteiger partial charge on any atom is 0.323 e. The minimum absolute atomic E-state index is 0.0335. The summed E-state index contributed by atoms with van der Waals surface area (Å²) in [6.45, 7) is 6.07. The van der Waals surface area contributed by atoms with Crippen LogP contribution in [-0.2, 0) is 66.2 Å². The van der Waals surface area contributed by atoms with Crippen LogP contribution >= 0.6 is 0 Å². The number of aliphatic carboxylic acids is 4. The fourth-order valence-electron chi connectivity index (χ4n) is 10.9. The van der Waals surface area contributed by atoms with Gasteiger partial charge in [0, 0.05) is 155 Å². The van der Waals surface area contributed by atoms with Gasteiger partial charge in [0.25, 0.3) is 5.91 Å². The molecule has 36 nitrogen and oxygen atoms in total. The van der Waals surface area contributed by atoms with Crippen LogP contribution in [-0.4, -0.2) is 286 Å². The molecule has 0 bridgehead atoms. The zero-order valence-electron chi connectivity index (χ0n) is 55.6. The van der Waals surface area contributed by atoms with E-state index in [1.807, 2.05) is 0 Å². The first kappa shape index (κ1) is 81.1. The summed E-state index contributed by atoms with van der Waals surface area (Å²) in [4.78, 5) is 141. The molecule has 5 rings (SSSR count). The highest BCUT2D eigenvalue weighted by Gasteiger charge is 2.32. The summed E-state index contributed by atoms with van der Waals surface area (Å²) in [7, 11) is -4.38. The number of H-pyrrole nitrogens is 1. The smallest absolute Gasteiger partial charge is 0.323 e. The lowest BCUT2D eigenvalue weighted by Crippen LogP contribution is -2.57. The number of aliphatic hydroxyl groups is 4. The summed E-state index contributed by atoms with van der Waals surface area (Å²) in [5.41, 5.74) is 1.74. The number of imidazole rings is 1. The van der Waals surface area contributed by atoms with Gasteiger partial charge < -0.3 is 87.0 Å². The number of carboxylic acid groups (broad SMARTS) is 4. The van der Waals surface area contributed by atoms with Crippen LogP contribution < -0.4 is 47.4 Å². The van der Waals surface area contributed by atoms with E-state index in [2.05, 4.69) is 51.9 Å². The van der Waals surface area contributed by atoms with Crippen molar-refractivity contribution in [2.75, 3.05) is 123 Å². The number of aryl methyl sites for hydroxylation is 4. The molecular weight excluding hydrogens is 1320 g/mol. The molecule has 3 heterocycles. The number of carbonyl (C=O) groups excluding carboxylic acids is 5. The van der Waals surface area contributed by atoms with E-state index in [-0.39, 0.29) is 153 Å². The summed E-state index contributed by atoms with van der Waals surface area (Å²) in [6.07, 6.45) is 0.00591. The van der Waals surface area contributed by atoms with Gasteiger partial charge in [-0.2, -0.15) is 4.72 Å². The van der Waals surface area contributed by atoms with E-state index in [4.69, 9.17) is 4.74 Å². The first-order valence-electron chi connectivity index (χ1n) is 32.2. The highest BCUT2D eigenvalue weighted by Crippen LogP contribution is 2.22. The highest BCUT2D eigenvalue weighted by molar-refractivity contribution is 7.89. The van der Waals surface area contributed by atoms with Gasteiger partial charge in [-0.15, -0.1) is 0 Å². The van der Waals surface area contributed by atoms with Crippen LogP contribution in [0.3, 0.4) is 0 Å². The second kappa shape index (κ2) is 41.1. The van der Waals surface area contributed by atoms with Crippen molar-refractivity contribution in [3.8, 4) is 0 Å². The molecular formula is C62H93N15O21S. The third-order valence-electron chi connectivity index (χ3n) is 15.8. The van der Waals surface area contributed by atoms with E-state index >= 15 is 0 Å². The van der Waals surface area contributed by atoms with Crippen LogP contribution in [0, 0.1) is 20.8 Å². The summed E-state index contributed by atoms with van der Waals surface area (Å²) in [5.74, 6) is -8.95. The number of carbonyl (C=O) groups is 9. The predicted octanol–water partition coefficient (Wildman–Crippen LogP) is -3.98. The summed E-state index contributed by atoms with van der Waals surface area (Å²) >= 11 is 0. The number of hydrogen-bond donors (Lipinski definition) is 17. The Balaban J connectivity index is 1.04. The zero-order chi connectivity index (χ0) is 72.8. The van der Waals surface area contributed by atoms with Gasteiger partial charge in [0.15, 0.2) is 12.2 Å². The Morgan fingerprint density at radius 3 is 1.82 bits per heavy atom. The lowest BCUT2D eigenvalue weighted by atomic mass is 10.1. The van der Waals surface area contributed by atoms with Gasteiger partial charge in [-0.1, -0.05) is 23.8 Å². The van der Waals surface area contributed by atoms with Gasteiger partial charge in [-0.25, -0.2) is 13.4 Å². The maximum absolute atomic E-state index is 13.9. The van der Waals surface area contributed by atoms with E-state index in [0.29, 0.717) is 42.1 Å². The summed E-state index contributed by atoms with van der Waals surface area (Å²) in [6, 6.07) is 3.09. The Bertz CT molecular complexity index is 3520. The number of amides is 5. The molecule has 1 fully saturated rings. The maximum atomic E-state index is 13.9. The second-order valence-corrected chi connectivity index (χ2v) is 25.5. The molecule has 548 valence electrons. The topological polar surface area (TPSA) is 519 Å². The monoisotopic (exact) mass is 1420 g/mol. The van der Waals surface area contributed by atoms with Crippen molar-refractivity contribution in [3.63, 3.8) is 0 Å². The van der Waals surface area contributed by atoms with Crippen molar-refractivity contribution in [1.82, 2.24) is 70.8 Å². The van der Waals surface area contributed by atoms with Crippen molar-refractivity contribution >= 4 is 80.3 Å². The average Bonchev–Trinajstić information content (AvgIpc) is 1.18. The van der Waals surface area contributed by atoms with Gasteiger partial charge in [0.1, 0.15) is 23.9 Å². The SMILES string of the molecule is Cc1cc(C)c(S(=O)(=O)NC(CNC(=O)c2cn(CCCNC(=O)CCC(=O)NCCCOCCCNC(=O)[C@@H](CC(=O)O)NC(=O)C(CC(=O)O)NC(O)CN3CCN(CC(=O)O)CCN(CO)CCN(CC(O)O)CC3)c3cc(CNc4ncc[nH]4)ccc3c2=O)C(=O)O)c(C)c1. The molecule has 37 heteroatoms. The largest absolute Gasteiger partial charge is 0.481 e. The van der Waals surface area contributed by atoms with E-state index in [9.17, 15) is 97.2 Å². The molecule has 4 atom stereocenters. The van der Waals surface area contributed by atoms with Gasteiger partial charge >= 0.3 is 23.9 Å². The number of hydrogen-bond acceptors (Lipinski definition) is 24. The van der Waals surface area contributed by atoms with Crippen molar-refractivity contribution < 1.29 is 97.2 Å². The van der Waals surface area contributed by atoms with Crippen molar-refractivity contribution in [2.24, 2.45) is 0 Å². The van der Waals surface area contributed by atoms with Crippen LogP contribution in [0.5, 0.6) is 0 Å². The third kappa shape index (κ3) is 28.6. The quantitative estimate of drug-likeness (QED) is 0.0149. The Hall–Kier alpha value is -8.60. The molecule has 1 aliphatic heterocycles. The molecule has 2 aromatic heterocycles. The van der Waals surface area contributed by atoms with Crippen molar-refractivity contribution in [2.45, 2.75) is 114 Å². The van der Waals surface area contributed by atoms with Crippen LogP contribution in [0.15, 0.2) is 58.6 Å². The van der Waals surface area contributed by atoms with Gasteiger partial charge in [-0.05, 0) is 68.9 Å². The number of nitrogens with zero attached hydrogens (tertiary/aromatic N) is 6. The van der Waals surface area contributed by atoms with E-state index in [1.54, 1.807) is 87.7 Å². The lowest BCUT2D eigenvalue weighted by Gasteiger charge is -2.34. The van der Waals surface area contributed by atoms with Crippen LogP contribution in [0.4, 0.5) is 5.95 Å². The fraction of sp³-hybridized carbons (Fsp3) is 0.565. The highest BCUT2D eigenvalue weighted by atomic mass is 32.2. The molecule has 4 aromatic rings. The number of aliphatic hydroxyl groups excluding tert-OH is 3. The van der Waals surface area contributed by atoms with Gasteiger partial charge in [0.2, 0.25) is 39.1 Å². The van der Waals surface area contributed by atoms with E-state index in [1.165, 1.54) is 6.20 Å². The number of benzene rings is 2. The third-order valence-corrected chi connectivity index (χ3v) is 17.5. The Morgan fingerprint density at radius 2 is 1.25 bits per heavy atom. The van der Waals surface area contributed by atoms with Crippen LogP contribution in [0.2, 0.25) is 0 Å². The number of aromatic amines is 1. The number of fused-ring (bicyclic) bond motifs is 1. The molecule has 3 unspecified atom stereocenters. The van der Waals surface area contributed by atoms with Gasteiger partial charge in [-0.3, -0.25) is 72.9 Å². The number of pyridine rings is 1. The number of nitrogens with one attached hydrogen (secondary N) is 9. The fourth-order valence-corrected chi connectivity index (χ4v) is 12.5. The number of carboxylic acids is 4. The molecule has 0 spiro atoms. The molecule has 0 saturated carbocycles. The molecule has 5 amide bonds. The summed E-state index contributed by atoms with van der Waals surface area (Å²) in [5, 5.41) is 97.7. The Morgan fingerprint density at radius 1 is 0.677 bits per heavy atom. The zero-order valence-corrected chi connectivity index (χ0v) is 56.4. The minimum atomic E-state index is -4.38. The van der Waals surface area contributed by atoms with Crippen LogP contribution in [0.25, 0.3) is 10.9 Å². The van der Waals surface area contributed by atoms with E-state index in [0.717, 1.165) is 11.1 Å². The second-order valence-electron chi connectivity index (χ2n) is 23.8. The number of ether oxygens (including phenoxy) is 1. The van der Waals surface area contributed by atoms with Crippen molar-refractivity contribution in [1.29, 1.82) is 0 Å². The normalized spacial score (nSPS) is 15.2. The number of rotatable bonds is 41. The number of β-amino-alcohol motifs (C(OH)–C–C–N with tert-alkyl or cyclic N) is 3. The molecule has 2 aromatic carbocycles. The lowest BCUT2D eigenvalue weighted by molar-refractivity contribution is -0.143. The van der Waals surface area contributed by atoms with Crippen LogP contribution in [0.1, 0.15) is 77.6 Å². The molecule has 0 aliphatic carbocycles. The van der Waals surface area contributed by atoms with E-state index < -0.39 is 119 Å². The molecule has 1 aliphatic rings. The Kier molecular flexibility index (Phi) is 33.6. The molecule has 1 saturated heterocycles. The first-order chi connectivity index (χ1) is 47.0. The number of aromatic nitrogens is 3. The number of anilines is 1. The summed E-state index contributed by atoms with van der Waals surface area (Å²) < 4.78 is 36.3. The Labute approximate surface area is 570 Å². The minimum Gasteiger partial charge on any atom is -0.481 e. The first-order valence-corrected chi connectivity index (χ1v) is 33.7. The number of sulfonamides is 1. The predicted molar refractivity (Wildman–Crippen MR) is 355 cm³/mol. The average molecular weight is 1420 g/mol. The molecule has 17 N–H and O–H groups in total. The van der Waals surface area contributed by atoms with Gasteiger partial charge in [0.05, 0.1) is 42.6 Å². The standard InChI is InChI=1S/C62H93N15O21S/c1-39-27-40(2)57(41(3)28-39)99(96,97)72-47(61(94)95)33-68-58(91)44-34-77(48-29-42(7-8-43(48)56(44)90)32-69-62-66-14-15-67-62)16-4-11-63-49(79)9-10-50(80)64-12-5-25-98-26-6-13-65-59(92)45(30-52(82)83)71-60(93)46(31-53(84)85)70-51(81)35-73-17-19-74(36-54(86)87)21-23-76(38-78)24-22-75(20-18-73)37-55(88)89/h7-8,14-15,27-29,34,45-47,51,54,70,72,78,81,86-87H,4-6,9-13,16-26,30-33,35-38H2,1-3H3,(H,63,79)(H,64,80)(H,65,92)(H,68,91)(H,71,93)(H,82,83)(H,84,85)(H,88,89)(H,94,95)(H2,66,67,69)/t45-,46?,47?,51?/m1/s1. The molecule has 99 heavy (non-hydrogen) atoms.